The molecule has 2 rings (SSSR count). The molecule has 0 aliphatic rings. The second-order valence-electron chi connectivity index (χ2n) is 4.67. The summed E-state index contributed by atoms with van der Waals surface area (Å²) in [5.74, 6) is -0.362. The van der Waals surface area contributed by atoms with Gasteiger partial charge in [-0.25, -0.2) is 4.79 Å². The van der Waals surface area contributed by atoms with Crippen LogP contribution in [0.15, 0.2) is 40.9 Å². The van der Waals surface area contributed by atoms with Gasteiger partial charge in [-0.05, 0) is 42.7 Å². The summed E-state index contributed by atoms with van der Waals surface area (Å²) in [6.45, 7) is 4.06. The van der Waals surface area contributed by atoms with Gasteiger partial charge < -0.3 is 10.5 Å². The molecule has 2 aromatic rings. The molecule has 2 N–H and O–H groups in total. The van der Waals surface area contributed by atoms with Crippen molar-refractivity contribution in [2.45, 2.75) is 20.5 Å². The lowest BCUT2D eigenvalue weighted by Crippen LogP contribution is -2.09. The van der Waals surface area contributed by atoms with Gasteiger partial charge >= 0.3 is 5.97 Å². The Bertz CT molecular complexity index is 653. The molecule has 0 aliphatic carbocycles. The lowest BCUT2D eigenvalue weighted by atomic mass is 10.1. The van der Waals surface area contributed by atoms with Gasteiger partial charge in [0.05, 0.1) is 5.56 Å². The molecular weight excluding hydrogens is 318 g/mol. The molecule has 0 atom stereocenters. The number of hydrogen-bond donors (Lipinski definition) is 1. The highest BCUT2D eigenvalue weighted by Gasteiger charge is 2.14. The number of carbonyl (C=O) groups is 1. The topological polar surface area (TPSA) is 52.3 Å². The molecule has 0 radical (unpaired) electrons. The molecular formula is C16H16BrNO2. The van der Waals surface area contributed by atoms with Crippen LogP contribution in [0.5, 0.6) is 0 Å². The molecule has 20 heavy (non-hydrogen) atoms. The quantitative estimate of drug-likeness (QED) is 0.682. The molecule has 0 heterocycles. The van der Waals surface area contributed by atoms with Crippen molar-refractivity contribution in [2.75, 3.05) is 5.73 Å². The fraction of sp³-hybridized carbons (Fsp3) is 0.188. The first kappa shape index (κ1) is 14.6. The van der Waals surface area contributed by atoms with Crippen molar-refractivity contribution in [2.24, 2.45) is 0 Å². The zero-order valence-electron chi connectivity index (χ0n) is 11.4. The Hall–Kier alpha value is -1.81. The fourth-order valence-electron chi connectivity index (χ4n) is 1.91. The molecule has 0 amide bonds. The Kier molecular flexibility index (Phi) is 4.45. The molecule has 0 bridgehead atoms. The summed E-state index contributed by atoms with van der Waals surface area (Å²) in [7, 11) is 0. The van der Waals surface area contributed by atoms with Crippen LogP contribution < -0.4 is 5.73 Å². The minimum Gasteiger partial charge on any atom is -0.457 e. The monoisotopic (exact) mass is 333 g/mol. The van der Waals surface area contributed by atoms with E-state index in [0.29, 0.717) is 11.3 Å². The second kappa shape index (κ2) is 6.09. The average molecular weight is 334 g/mol. The Balaban J connectivity index is 2.15. The number of halogens is 1. The summed E-state index contributed by atoms with van der Waals surface area (Å²) in [5.41, 5.74) is 9.76. The summed E-state index contributed by atoms with van der Waals surface area (Å²) in [6.07, 6.45) is 0. The maximum Gasteiger partial charge on any atom is 0.338 e. The fourth-order valence-corrected chi connectivity index (χ4v) is 2.38. The first-order valence-electron chi connectivity index (χ1n) is 6.26. The van der Waals surface area contributed by atoms with Gasteiger partial charge in [-0.15, -0.1) is 0 Å². The van der Waals surface area contributed by atoms with Crippen LogP contribution >= 0.6 is 15.9 Å². The van der Waals surface area contributed by atoms with E-state index in [1.54, 1.807) is 12.1 Å². The van der Waals surface area contributed by atoms with Crippen LogP contribution in [0.4, 0.5) is 5.69 Å². The van der Waals surface area contributed by atoms with E-state index in [0.717, 1.165) is 21.2 Å². The summed E-state index contributed by atoms with van der Waals surface area (Å²) in [6, 6.07) is 11.3. The number of aryl methyl sites for hydroxylation is 1. The summed E-state index contributed by atoms with van der Waals surface area (Å²) in [4.78, 5) is 12.2. The van der Waals surface area contributed by atoms with E-state index in [9.17, 15) is 4.79 Å². The van der Waals surface area contributed by atoms with Crippen molar-refractivity contribution < 1.29 is 9.53 Å². The van der Waals surface area contributed by atoms with Crippen LogP contribution in [0.2, 0.25) is 0 Å². The second-order valence-corrected chi connectivity index (χ2v) is 5.59. The minimum atomic E-state index is -0.362. The number of carbonyl (C=O) groups excluding carboxylic acids is 1. The third-order valence-corrected chi connectivity index (χ3v) is 3.71. The van der Waals surface area contributed by atoms with E-state index >= 15 is 0 Å². The van der Waals surface area contributed by atoms with Crippen LogP contribution in [-0.2, 0) is 11.3 Å². The molecule has 3 nitrogen and oxygen atoms in total. The van der Waals surface area contributed by atoms with E-state index in [-0.39, 0.29) is 12.6 Å². The Morgan fingerprint density at radius 1 is 1.25 bits per heavy atom. The summed E-state index contributed by atoms with van der Waals surface area (Å²) >= 11 is 3.34. The number of ether oxygens (including phenoxy) is 1. The molecule has 0 aromatic heterocycles. The van der Waals surface area contributed by atoms with Crippen LogP contribution in [0.3, 0.4) is 0 Å². The van der Waals surface area contributed by atoms with Gasteiger partial charge in [-0.2, -0.15) is 0 Å². The highest BCUT2D eigenvalue weighted by molar-refractivity contribution is 9.10. The summed E-state index contributed by atoms with van der Waals surface area (Å²) in [5, 5.41) is 0. The van der Waals surface area contributed by atoms with Crippen molar-refractivity contribution in [1.82, 2.24) is 0 Å². The molecule has 4 heteroatoms. The van der Waals surface area contributed by atoms with Crippen molar-refractivity contribution in [3.05, 3.63) is 63.1 Å². The number of rotatable bonds is 3. The maximum atomic E-state index is 12.2. The smallest absolute Gasteiger partial charge is 0.338 e. The van der Waals surface area contributed by atoms with Gasteiger partial charge in [0, 0.05) is 10.2 Å². The zero-order chi connectivity index (χ0) is 14.7. The highest BCUT2D eigenvalue weighted by atomic mass is 79.9. The third kappa shape index (κ3) is 3.20. The molecule has 0 saturated carbocycles. The molecule has 0 aliphatic heterocycles. The first-order valence-corrected chi connectivity index (χ1v) is 7.05. The van der Waals surface area contributed by atoms with E-state index in [1.165, 1.54) is 0 Å². The number of anilines is 1. The van der Waals surface area contributed by atoms with E-state index in [2.05, 4.69) is 15.9 Å². The standard InChI is InChI=1S/C16H16BrNO2/c1-10-5-3-4-6-12(10)9-20-16(19)14-7-13(17)8-15(18)11(14)2/h3-8H,9,18H2,1-2H3. The Morgan fingerprint density at radius 2 is 1.95 bits per heavy atom. The van der Waals surface area contributed by atoms with Gasteiger partial charge in [0.2, 0.25) is 0 Å². The largest absolute Gasteiger partial charge is 0.457 e. The maximum absolute atomic E-state index is 12.2. The molecule has 0 unspecified atom stereocenters. The van der Waals surface area contributed by atoms with Crippen LogP contribution in [0.1, 0.15) is 27.0 Å². The third-order valence-electron chi connectivity index (χ3n) is 3.25. The molecule has 0 fully saturated rings. The number of nitrogens with two attached hydrogens (primary N) is 1. The Morgan fingerprint density at radius 3 is 2.65 bits per heavy atom. The zero-order valence-corrected chi connectivity index (χ0v) is 13.0. The van der Waals surface area contributed by atoms with Crippen molar-refractivity contribution in [3.8, 4) is 0 Å². The van der Waals surface area contributed by atoms with Gasteiger partial charge in [0.25, 0.3) is 0 Å². The Labute approximate surface area is 126 Å². The lowest BCUT2D eigenvalue weighted by molar-refractivity contribution is 0.0471. The van der Waals surface area contributed by atoms with Crippen LogP contribution in [0.25, 0.3) is 0 Å². The molecule has 0 saturated heterocycles. The predicted molar refractivity (Wildman–Crippen MR) is 83.6 cm³/mol. The van der Waals surface area contributed by atoms with E-state index in [4.69, 9.17) is 10.5 Å². The average Bonchev–Trinajstić information content (AvgIpc) is 2.41. The van der Waals surface area contributed by atoms with Crippen molar-refractivity contribution in [1.29, 1.82) is 0 Å². The van der Waals surface area contributed by atoms with E-state index < -0.39 is 0 Å². The molecule has 104 valence electrons. The molecule has 0 spiro atoms. The first-order chi connectivity index (χ1) is 9.49. The van der Waals surface area contributed by atoms with Gasteiger partial charge in [0.1, 0.15) is 6.61 Å². The lowest BCUT2D eigenvalue weighted by Gasteiger charge is -2.11. The number of benzene rings is 2. The number of nitrogen functional groups attached to an aromatic ring is 1. The predicted octanol–water partition coefficient (Wildman–Crippen LogP) is 4.01. The van der Waals surface area contributed by atoms with Crippen LogP contribution in [0, 0.1) is 13.8 Å². The number of hydrogen-bond acceptors (Lipinski definition) is 3. The van der Waals surface area contributed by atoms with Gasteiger partial charge in [-0.3, -0.25) is 0 Å². The SMILES string of the molecule is Cc1ccccc1COC(=O)c1cc(Br)cc(N)c1C. The van der Waals surface area contributed by atoms with Gasteiger partial charge in [0.15, 0.2) is 0 Å². The number of esters is 1. The minimum absolute atomic E-state index is 0.261. The molecule has 2 aromatic carbocycles. The van der Waals surface area contributed by atoms with Crippen molar-refractivity contribution in [3.63, 3.8) is 0 Å². The van der Waals surface area contributed by atoms with Crippen molar-refractivity contribution >= 4 is 27.6 Å². The summed E-state index contributed by atoms with van der Waals surface area (Å²) < 4.78 is 6.14. The van der Waals surface area contributed by atoms with Crippen LogP contribution in [-0.4, -0.2) is 5.97 Å². The normalized spacial score (nSPS) is 10.3. The van der Waals surface area contributed by atoms with E-state index in [1.807, 2.05) is 38.1 Å². The highest BCUT2D eigenvalue weighted by Crippen LogP contribution is 2.23. The van der Waals surface area contributed by atoms with Gasteiger partial charge in [-0.1, -0.05) is 40.2 Å².